The molecule has 3 N–H and O–H groups in total. The van der Waals surface area contributed by atoms with Crippen LogP contribution in [0.25, 0.3) is 0 Å². The van der Waals surface area contributed by atoms with E-state index < -0.39 is 23.2 Å². The lowest BCUT2D eigenvalue weighted by molar-refractivity contribution is -0.137. The van der Waals surface area contributed by atoms with Gasteiger partial charge in [-0.2, -0.15) is 17.5 Å². The predicted molar refractivity (Wildman–Crippen MR) is 120 cm³/mol. The molecule has 1 saturated heterocycles. The summed E-state index contributed by atoms with van der Waals surface area (Å²) in [6.07, 6.45) is -1.47. The lowest BCUT2D eigenvalue weighted by Gasteiger charge is -2.48. The Hall–Kier alpha value is -2.50. The van der Waals surface area contributed by atoms with Gasteiger partial charge in [0.15, 0.2) is 0 Å². The van der Waals surface area contributed by atoms with Crippen LogP contribution in [0.4, 0.5) is 13.2 Å². The molecule has 2 heterocycles. The van der Waals surface area contributed by atoms with Crippen molar-refractivity contribution < 1.29 is 27.9 Å². The fourth-order valence-corrected chi connectivity index (χ4v) is 5.45. The minimum Gasteiger partial charge on any atom is -0.384 e. The number of nitrogens with one attached hydrogen (secondary N) is 2. The highest BCUT2D eigenvalue weighted by Gasteiger charge is 2.41. The number of carbonyl (C=O) groups excluding carboxylic acids is 2. The number of nitrogens with zero attached hydrogens (tertiary/aromatic N) is 2. The largest absolute Gasteiger partial charge is 0.416 e. The lowest BCUT2D eigenvalue weighted by atomic mass is 9.79. The molecule has 1 saturated carbocycles. The van der Waals surface area contributed by atoms with E-state index in [9.17, 15) is 27.9 Å². The quantitative estimate of drug-likeness (QED) is 0.572. The van der Waals surface area contributed by atoms with Crippen molar-refractivity contribution in [2.75, 3.05) is 19.6 Å². The van der Waals surface area contributed by atoms with Crippen molar-refractivity contribution in [1.29, 1.82) is 0 Å². The van der Waals surface area contributed by atoms with Crippen LogP contribution in [0.5, 0.6) is 0 Å². The number of aromatic nitrogens is 1. The van der Waals surface area contributed by atoms with Gasteiger partial charge in [0.05, 0.1) is 28.7 Å². The summed E-state index contributed by atoms with van der Waals surface area (Å²) in [6.45, 7) is 2.99. The second-order valence-electron chi connectivity index (χ2n) is 9.07. The number of aliphatic hydroxyl groups is 1. The number of rotatable bonds is 6. The first kappa shape index (κ1) is 24.6. The summed E-state index contributed by atoms with van der Waals surface area (Å²) in [5.74, 6) is -1.12. The number of halogens is 3. The molecule has 0 bridgehead atoms. The molecule has 2 aromatic rings. The second kappa shape index (κ2) is 9.63. The van der Waals surface area contributed by atoms with E-state index in [1.54, 1.807) is 0 Å². The Balaban J connectivity index is 1.17. The minimum absolute atomic E-state index is 0.0390. The molecule has 1 aromatic carbocycles. The van der Waals surface area contributed by atoms with Crippen molar-refractivity contribution in [1.82, 2.24) is 19.9 Å². The van der Waals surface area contributed by atoms with Crippen molar-refractivity contribution in [3.63, 3.8) is 0 Å². The van der Waals surface area contributed by atoms with Crippen LogP contribution in [-0.2, 0) is 16.6 Å². The van der Waals surface area contributed by atoms with Gasteiger partial charge in [-0.15, -0.1) is 0 Å². The summed E-state index contributed by atoms with van der Waals surface area (Å²) >= 11 is 1.36. The Bertz CT molecular complexity index is 1040. The highest BCUT2D eigenvalue weighted by molar-refractivity contribution is 7.06. The van der Waals surface area contributed by atoms with Gasteiger partial charge in [-0.3, -0.25) is 14.5 Å². The highest BCUT2D eigenvalue weighted by atomic mass is 32.1. The van der Waals surface area contributed by atoms with E-state index in [1.165, 1.54) is 17.6 Å². The Kier molecular flexibility index (Phi) is 6.97. The number of hydrogen-bond donors (Lipinski definition) is 3. The third-order valence-corrected chi connectivity index (χ3v) is 7.60. The minimum atomic E-state index is -4.54. The van der Waals surface area contributed by atoms with Gasteiger partial charge in [-0.05, 0) is 68.4 Å². The molecule has 0 atom stereocenters. The summed E-state index contributed by atoms with van der Waals surface area (Å²) in [5.41, 5.74) is -0.952. The molecule has 34 heavy (non-hydrogen) atoms. The van der Waals surface area contributed by atoms with Crippen molar-refractivity contribution in [3.05, 3.63) is 52.0 Å². The van der Waals surface area contributed by atoms with Crippen LogP contribution in [0.2, 0.25) is 0 Å². The summed E-state index contributed by atoms with van der Waals surface area (Å²) in [5, 5.41) is 16.2. The molecule has 1 aliphatic carbocycles. The SMILES string of the molecule is Cc1cc(C2(O)CCC(N3CC(NC(=O)CNC(=O)c4cccc(C(F)(F)F)c4)C3)CC2)sn1. The first-order valence-electron chi connectivity index (χ1n) is 11.2. The van der Waals surface area contributed by atoms with E-state index in [-0.39, 0.29) is 24.1 Å². The van der Waals surface area contributed by atoms with Crippen LogP contribution >= 0.6 is 11.5 Å². The maximum atomic E-state index is 12.8. The fraction of sp³-hybridized carbons (Fsp3) is 0.522. The van der Waals surface area contributed by atoms with E-state index in [1.807, 2.05) is 13.0 Å². The molecule has 184 valence electrons. The third kappa shape index (κ3) is 5.59. The molecule has 1 aliphatic heterocycles. The monoisotopic (exact) mass is 496 g/mol. The van der Waals surface area contributed by atoms with E-state index in [4.69, 9.17) is 0 Å². The molecule has 2 fully saturated rings. The van der Waals surface area contributed by atoms with Crippen LogP contribution in [0.15, 0.2) is 30.3 Å². The van der Waals surface area contributed by atoms with Crippen LogP contribution in [0.3, 0.4) is 0 Å². The zero-order valence-electron chi connectivity index (χ0n) is 18.7. The Labute approximate surface area is 199 Å². The van der Waals surface area contributed by atoms with E-state index >= 15 is 0 Å². The molecule has 0 spiro atoms. The summed E-state index contributed by atoms with van der Waals surface area (Å²) in [6, 6.07) is 6.34. The maximum absolute atomic E-state index is 12.8. The number of amides is 2. The number of aryl methyl sites for hydroxylation is 1. The Morgan fingerprint density at radius 1 is 1.24 bits per heavy atom. The predicted octanol–water partition coefficient (Wildman–Crippen LogP) is 2.83. The van der Waals surface area contributed by atoms with Crippen molar-refractivity contribution in [2.24, 2.45) is 0 Å². The molecule has 11 heteroatoms. The summed E-state index contributed by atoms with van der Waals surface area (Å²) in [4.78, 5) is 27.5. The lowest BCUT2D eigenvalue weighted by Crippen LogP contribution is -2.63. The maximum Gasteiger partial charge on any atom is 0.416 e. The van der Waals surface area contributed by atoms with Gasteiger partial charge in [0.25, 0.3) is 5.91 Å². The topological polar surface area (TPSA) is 94.6 Å². The molecule has 0 unspecified atom stereocenters. The van der Waals surface area contributed by atoms with E-state index in [2.05, 4.69) is 19.9 Å². The number of benzene rings is 1. The molecular weight excluding hydrogens is 469 g/mol. The highest BCUT2D eigenvalue weighted by Crippen LogP contribution is 2.41. The normalized spacial score (nSPS) is 23.9. The van der Waals surface area contributed by atoms with Gasteiger partial charge in [0.2, 0.25) is 5.91 Å². The Morgan fingerprint density at radius 2 is 1.94 bits per heavy atom. The van der Waals surface area contributed by atoms with Gasteiger partial charge in [-0.1, -0.05) is 6.07 Å². The number of carbonyl (C=O) groups is 2. The second-order valence-corrected chi connectivity index (χ2v) is 9.88. The Morgan fingerprint density at radius 3 is 2.56 bits per heavy atom. The smallest absolute Gasteiger partial charge is 0.384 e. The number of hydrogen-bond acceptors (Lipinski definition) is 6. The van der Waals surface area contributed by atoms with Crippen molar-refractivity contribution in [2.45, 2.75) is 56.5 Å². The molecule has 7 nitrogen and oxygen atoms in total. The van der Waals surface area contributed by atoms with Crippen molar-refractivity contribution >= 4 is 23.3 Å². The fourth-order valence-electron chi connectivity index (χ4n) is 4.55. The molecule has 1 aromatic heterocycles. The average molecular weight is 497 g/mol. The van der Waals surface area contributed by atoms with Gasteiger partial charge in [-0.25, -0.2) is 0 Å². The molecule has 0 radical (unpaired) electrons. The van der Waals surface area contributed by atoms with Crippen LogP contribution < -0.4 is 10.6 Å². The van der Waals surface area contributed by atoms with Crippen molar-refractivity contribution in [3.8, 4) is 0 Å². The van der Waals surface area contributed by atoms with Gasteiger partial charge in [0.1, 0.15) is 5.60 Å². The van der Waals surface area contributed by atoms with Crippen LogP contribution in [0, 0.1) is 6.92 Å². The van der Waals surface area contributed by atoms with Gasteiger partial charge < -0.3 is 15.7 Å². The van der Waals surface area contributed by atoms with Crippen LogP contribution in [0.1, 0.15) is 52.2 Å². The summed E-state index contributed by atoms with van der Waals surface area (Å²) < 4.78 is 42.7. The average Bonchev–Trinajstić information content (AvgIpc) is 3.22. The van der Waals surface area contributed by atoms with E-state index in [0.717, 1.165) is 41.6 Å². The molecule has 2 aliphatic rings. The summed E-state index contributed by atoms with van der Waals surface area (Å²) in [7, 11) is 0. The molecule has 2 amide bonds. The standard InChI is InChI=1S/C23H27F3N4O3S/c1-14-9-19(34-29-14)22(33)7-5-18(6-8-22)30-12-17(13-30)28-20(31)11-27-21(32)15-3-2-4-16(10-15)23(24,25)26/h2-4,9-10,17-18,33H,5-8,11-13H2,1H3,(H,27,32)(H,28,31). The first-order valence-corrected chi connectivity index (χ1v) is 12.0. The van der Waals surface area contributed by atoms with Crippen LogP contribution in [-0.4, -0.2) is 57.9 Å². The van der Waals surface area contributed by atoms with Gasteiger partial charge >= 0.3 is 6.18 Å². The van der Waals surface area contributed by atoms with Gasteiger partial charge in [0, 0.05) is 24.7 Å². The molecule has 4 rings (SSSR count). The zero-order chi connectivity index (χ0) is 24.5. The number of likely N-dealkylation sites (tertiary alicyclic amines) is 1. The third-order valence-electron chi connectivity index (χ3n) is 6.52. The first-order chi connectivity index (χ1) is 16.0. The molecular formula is C23H27F3N4O3S. The number of alkyl halides is 3. The van der Waals surface area contributed by atoms with E-state index in [0.29, 0.717) is 32.0 Å². The zero-order valence-corrected chi connectivity index (χ0v) is 19.5.